The lowest BCUT2D eigenvalue weighted by atomic mass is 10.1. The molecule has 0 unspecified atom stereocenters. The van der Waals surface area contributed by atoms with E-state index in [0.717, 1.165) is 6.07 Å². The van der Waals surface area contributed by atoms with Gasteiger partial charge in [-0.15, -0.1) is 0 Å². The summed E-state index contributed by atoms with van der Waals surface area (Å²) < 4.78 is 24.8. The van der Waals surface area contributed by atoms with Crippen LogP contribution in [0, 0.1) is 0 Å². The van der Waals surface area contributed by atoms with E-state index in [0.29, 0.717) is 0 Å². The molecule has 1 heterocycles. The van der Waals surface area contributed by atoms with E-state index >= 15 is 0 Å². The molecule has 0 aliphatic rings. The highest BCUT2D eigenvalue weighted by atomic mass is 79.9. The third-order valence-electron chi connectivity index (χ3n) is 1.71. The van der Waals surface area contributed by atoms with Crippen molar-refractivity contribution in [1.82, 2.24) is 4.98 Å². The predicted molar refractivity (Wildman–Crippen MR) is 51.7 cm³/mol. The standard InChI is InChI=1S/C8H7BrF2N2O2/c9-4-1-3(8(14)15)5(2-12)13-6(4)7(10)11/h1,7H,2,12H2,(H,14,15). The summed E-state index contributed by atoms with van der Waals surface area (Å²) in [6, 6.07) is 1.08. The number of halogens is 3. The molecule has 15 heavy (non-hydrogen) atoms. The number of carboxylic acid groups (broad SMARTS) is 1. The lowest BCUT2D eigenvalue weighted by Gasteiger charge is -2.08. The molecular weight excluding hydrogens is 274 g/mol. The molecule has 82 valence electrons. The summed E-state index contributed by atoms with van der Waals surface area (Å²) in [5.41, 5.74) is 4.49. The summed E-state index contributed by atoms with van der Waals surface area (Å²) in [7, 11) is 0. The van der Waals surface area contributed by atoms with Crippen molar-refractivity contribution in [2.45, 2.75) is 13.0 Å². The predicted octanol–water partition coefficient (Wildman–Crippen LogP) is 1.94. The first-order chi connectivity index (χ1) is 6.97. The van der Waals surface area contributed by atoms with E-state index in [1.165, 1.54) is 0 Å². The average molecular weight is 281 g/mol. The van der Waals surface area contributed by atoms with Gasteiger partial charge < -0.3 is 10.8 Å². The highest BCUT2D eigenvalue weighted by molar-refractivity contribution is 9.10. The van der Waals surface area contributed by atoms with Crippen molar-refractivity contribution in [2.75, 3.05) is 0 Å². The largest absolute Gasteiger partial charge is 0.478 e. The summed E-state index contributed by atoms with van der Waals surface area (Å²) in [5.74, 6) is -1.25. The van der Waals surface area contributed by atoms with Gasteiger partial charge in [-0.25, -0.2) is 18.6 Å². The van der Waals surface area contributed by atoms with Gasteiger partial charge in [0.25, 0.3) is 6.43 Å². The number of nitrogens with zero attached hydrogens (tertiary/aromatic N) is 1. The first-order valence-corrected chi connectivity index (χ1v) is 4.67. The fourth-order valence-electron chi connectivity index (χ4n) is 1.04. The molecule has 3 N–H and O–H groups in total. The fraction of sp³-hybridized carbons (Fsp3) is 0.250. The number of nitrogens with two attached hydrogens (primary N) is 1. The minimum atomic E-state index is -2.77. The maximum Gasteiger partial charge on any atom is 0.337 e. The Kier molecular flexibility index (Phi) is 3.70. The van der Waals surface area contributed by atoms with E-state index in [1.54, 1.807) is 0 Å². The second-order valence-electron chi connectivity index (χ2n) is 2.66. The van der Waals surface area contributed by atoms with Gasteiger partial charge in [0.05, 0.1) is 11.3 Å². The van der Waals surface area contributed by atoms with E-state index < -0.39 is 18.1 Å². The van der Waals surface area contributed by atoms with Gasteiger partial charge in [-0.05, 0) is 22.0 Å². The van der Waals surface area contributed by atoms with Crippen LogP contribution in [0.3, 0.4) is 0 Å². The zero-order valence-corrected chi connectivity index (χ0v) is 8.96. The molecule has 0 fully saturated rings. The van der Waals surface area contributed by atoms with Gasteiger partial charge >= 0.3 is 5.97 Å². The molecule has 0 spiro atoms. The Balaban J connectivity index is 3.35. The van der Waals surface area contributed by atoms with Crippen molar-refractivity contribution in [2.24, 2.45) is 5.73 Å². The molecule has 1 aromatic heterocycles. The van der Waals surface area contributed by atoms with Crippen molar-refractivity contribution < 1.29 is 18.7 Å². The molecule has 1 rings (SSSR count). The number of aromatic nitrogens is 1. The van der Waals surface area contributed by atoms with E-state index in [9.17, 15) is 13.6 Å². The van der Waals surface area contributed by atoms with Gasteiger partial charge in [0, 0.05) is 11.0 Å². The number of aromatic carboxylic acids is 1. The Labute approximate surface area is 92.2 Å². The molecule has 0 bridgehead atoms. The number of hydrogen-bond donors (Lipinski definition) is 2. The Hall–Kier alpha value is -1.08. The molecule has 4 nitrogen and oxygen atoms in total. The number of hydrogen-bond acceptors (Lipinski definition) is 3. The zero-order chi connectivity index (χ0) is 11.6. The smallest absolute Gasteiger partial charge is 0.337 e. The quantitative estimate of drug-likeness (QED) is 0.887. The molecule has 0 aliphatic heterocycles. The molecule has 0 radical (unpaired) electrons. The summed E-state index contributed by atoms with van der Waals surface area (Å²) in [5, 5.41) is 8.75. The van der Waals surface area contributed by atoms with Crippen molar-refractivity contribution in [3.05, 3.63) is 27.5 Å². The zero-order valence-electron chi connectivity index (χ0n) is 7.38. The van der Waals surface area contributed by atoms with Crippen LogP contribution in [0.25, 0.3) is 0 Å². The van der Waals surface area contributed by atoms with Crippen LogP contribution in [0.2, 0.25) is 0 Å². The number of carboxylic acids is 1. The Morgan fingerprint density at radius 3 is 2.67 bits per heavy atom. The van der Waals surface area contributed by atoms with Gasteiger partial charge in [0.15, 0.2) is 0 Å². The first-order valence-electron chi connectivity index (χ1n) is 3.88. The van der Waals surface area contributed by atoms with Crippen LogP contribution in [-0.2, 0) is 6.54 Å². The van der Waals surface area contributed by atoms with Gasteiger partial charge in [0.2, 0.25) is 0 Å². The van der Waals surface area contributed by atoms with Crippen LogP contribution in [0.15, 0.2) is 10.5 Å². The van der Waals surface area contributed by atoms with E-state index in [1.807, 2.05) is 0 Å². The minimum Gasteiger partial charge on any atom is -0.478 e. The Morgan fingerprint density at radius 2 is 2.27 bits per heavy atom. The average Bonchev–Trinajstić information content (AvgIpc) is 2.16. The van der Waals surface area contributed by atoms with E-state index in [-0.39, 0.29) is 22.3 Å². The van der Waals surface area contributed by atoms with Crippen molar-refractivity contribution >= 4 is 21.9 Å². The second-order valence-corrected chi connectivity index (χ2v) is 3.51. The number of alkyl halides is 2. The van der Waals surface area contributed by atoms with Crippen LogP contribution in [0.1, 0.15) is 28.2 Å². The number of pyridine rings is 1. The molecule has 0 aliphatic carbocycles. The molecule has 0 aromatic carbocycles. The van der Waals surface area contributed by atoms with Gasteiger partial charge in [-0.1, -0.05) is 0 Å². The van der Waals surface area contributed by atoms with E-state index in [2.05, 4.69) is 20.9 Å². The molecule has 7 heteroatoms. The van der Waals surface area contributed by atoms with Crippen LogP contribution in [0.5, 0.6) is 0 Å². The topological polar surface area (TPSA) is 76.2 Å². The van der Waals surface area contributed by atoms with Crippen molar-refractivity contribution in [1.29, 1.82) is 0 Å². The summed E-state index contributed by atoms with van der Waals surface area (Å²) in [6.07, 6.45) is -2.77. The van der Waals surface area contributed by atoms with Crippen LogP contribution in [-0.4, -0.2) is 16.1 Å². The molecule has 1 aromatic rings. The van der Waals surface area contributed by atoms with Crippen molar-refractivity contribution in [3.8, 4) is 0 Å². The van der Waals surface area contributed by atoms with Crippen LogP contribution < -0.4 is 5.73 Å². The highest BCUT2D eigenvalue weighted by Gasteiger charge is 2.19. The third kappa shape index (κ3) is 2.48. The first kappa shape index (κ1) is 12.0. The third-order valence-corrected chi connectivity index (χ3v) is 2.35. The SMILES string of the molecule is NCc1nc(C(F)F)c(Br)cc1C(=O)O. The summed E-state index contributed by atoms with van der Waals surface area (Å²) in [6.45, 7) is -0.200. The second kappa shape index (κ2) is 4.63. The van der Waals surface area contributed by atoms with E-state index in [4.69, 9.17) is 10.8 Å². The highest BCUT2D eigenvalue weighted by Crippen LogP contribution is 2.27. The van der Waals surface area contributed by atoms with Gasteiger partial charge in [0.1, 0.15) is 5.69 Å². The molecule has 0 saturated heterocycles. The summed E-state index contributed by atoms with van der Waals surface area (Å²) in [4.78, 5) is 14.2. The van der Waals surface area contributed by atoms with Crippen LogP contribution in [0.4, 0.5) is 8.78 Å². The number of carbonyl (C=O) groups is 1. The number of rotatable bonds is 3. The lowest BCUT2D eigenvalue weighted by Crippen LogP contribution is -2.11. The molecule has 0 amide bonds. The monoisotopic (exact) mass is 280 g/mol. The fourth-order valence-corrected chi connectivity index (χ4v) is 1.53. The van der Waals surface area contributed by atoms with Crippen LogP contribution >= 0.6 is 15.9 Å². The van der Waals surface area contributed by atoms with Gasteiger partial charge in [-0.2, -0.15) is 0 Å². The van der Waals surface area contributed by atoms with Gasteiger partial charge in [-0.3, -0.25) is 0 Å². The summed E-state index contributed by atoms with van der Waals surface area (Å²) >= 11 is 2.83. The lowest BCUT2D eigenvalue weighted by molar-refractivity contribution is 0.0694. The van der Waals surface area contributed by atoms with Crippen molar-refractivity contribution in [3.63, 3.8) is 0 Å². The Bertz CT molecular complexity index is 398. The Morgan fingerprint density at radius 1 is 1.67 bits per heavy atom. The maximum atomic E-state index is 12.4. The minimum absolute atomic E-state index is 0.0351. The molecule has 0 atom stereocenters. The molecular formula is C8H7BrF2N2O2. The molecule has 0 saturated carbocycles. The normalized spacial score (nSPS) is 10.7. The maximum absolute atomic E-state index is 12.4.